The second-order valence-electron chi connectivity index (χ2n) is 1.04. The maximum absolute atomic E-state index is 9.62. The minimum absolute atomic E-state index is 0.500. The number of urea groups is 2. The third-order valence-corrected chi connectivity index (χ3v) is 0.246. The molecule has 0 aliphatic carbocycles. The Morgan fingerprint density at radius 1 is 1.00 bits per heavy atom. The van der Waals surface area contributed by atoms with E-state index in [0.29, 0.717) is 12.2 Å². The normalized spacial score (nSPS) is 5.23. The number of carbonyl (C=O) groups is 2. The summed E-state index contributed by atoms with van der Waals surface area (Å²) in [6, 6.07) is -1.88. The second kappa shape index (κ2) is 16.2. The van der Waals surface area contributed by atoms with Gasteiger partial charge in [-0.15, -0.1) is 0 Å². The van der Waals surface area contributed by atoms with Gasteiger partial charge in [-0.25, -0.2) is 9.59 Å². The van der Waals surface area contributed by atoms with Gasteiger partial charge in [-0.05, 0) is 12.2 Å². The van der Waals surface area contributed by atoms with Crippen LogP contribution in [0.25, 0.3) is 10.8 Å². The molecule has 9 nitrogen and oxygen atoms in total. The van der Waals surface area contributed by atoms with Crippen LogP contribution < -0.4 is 16.8 Å². The first-order valence-corrected chi connectivity index (χ1v) is 2.34. The average Bonchev–Trinajstić information content (AvgIpc) is 1.86. The molecule has 13 heavy (non-hydrogen) atoms. The zero-order valence-electron chi connectivity index (χ0n) is 6.18. The molecule has 0 aromatic rings. The minimum atomic E-state index is -0.938. The molecule has 0 saturated heterocycles. The Bertz CT molecular complexity index is 201. The van der Waals surface area contributed by atoms with E-state index >= 15 is 0 Å². The molecule has 0 unspecified atom stereocenters. The molecule has 0 heterocycles. The number of nitrogens with zero attached hydrogens (tertiary/aromatic N) is 2. The van der Waals surface area contributed by atoms with Crippen molar-refractivity contribution in [3.63, 3.8) is 0 Å². The van der Waals surface area contributed by atoms with Crippen molar-refractivity contribution < 1.29 is 19.2 Å². The molecular formula is C4H5N5O4-2. The number of nitrogens with two attached hydrogens (primary N) is 2. The summed E-state index contributed by atoms with van der Waals surface area (Å²) in [5.74, 6) is 0. The third kappa shape index (κ3) is 238. The summed E-state index contributed by atoms with van der Waals surface area (Å²) in [6.07, 6.45) is 1.00. The minimum Gasteiger partial charge on any atom is -0.724 e. The van der Waals surface area contributed by atoms with Crippen LogP contribution in [0.2, 0.25) is 0 Å². The molecule has 0 fully saturated rings. The highest BCUT2D eigenvalue weighted by atomic mass is 16.2. The van der Waals surface area contributed by atoms with Crippen molar-refractivity contribution in [1.82, 2.24) is 5.32 Å². The lowest BCUT2D eigenvalue weighted by Gasteiger charge is -1.88. The molecule has 0 rings (SSSR count). The molecule has 0 aliphatic rings. The predicted molar refractivity (Wildman–Crippen MR) is 40.4 cm³/mol. The van der Waals surface area contributed by atoms with Crippen LogP contribution >= 0.6 is 0 Å². The van der Waals surface area contributed by atoms with Crippen molar-refractivity contribution in [2.75, 3.05) is 0 Å². The molecule has 0 aliphatic heterocycles. The zero-order chi connectivity index (χ0) is 11.3. The molecule has 0 aromatic heterocycles. The number of carbonyl (C=O) groups excluding carboxylic acids is 4. The molecule has 0 radical (unpaired) electrons. The van der Waals surface area contributed by atoms with E-state index in [0.717, 1.165) is 0 Å². The lowest BCUT2D eigenvalue weighted by Crippen LogP contribution is -2.38. The van der Waals surface area contributed by atoms with Crippen LogP contribution in [0, 0.1) is 0 Å². The van der Waals surface area contributed by atoms with Crippen molar-refractivity contribution >= 4 is 24.2 Å². The van der Waals surface area contributed by atoms with Crippen LogP contribution in [0.5, 0.6) is 0 Å². The number of isocyanates is 2. The van der Waals surface area contributed by atoms with E-state index in [1.54, 1.807) is 5.32 Å². The summed E-state index contributed by atoms with van der Waals surface area (Å²) in [7, 11) is 0. The Balaban J connectivity index is -0.000000140. The molecule has 0 aromatic carbocycles. The fourth-order valence-electron chi connectivity index (χ4n) is 0.121. The Morgan fingerprint density at radius 2 is 1.15 bits per heavy atom. The SMILES string of the molecule is NC(=O)NC(N)=O.[N-]=C=O.[N-]=C=O. The Hall–Kier alpha value is -2.50. The number of imide groups is 1. The van der Waals surface area contributed by atoms with Crippen LogP contribution in [-0.2, 0) is 9.59 Å². The molecule has 0 bridgehead atoms. The van der Waals surface area contributed by atoms with E-state index in [9.17, 15) is 9.59 Å². The summed E-state index contributed by atoms with van der Waals surface area (Å²) in [5.41, 5.74) is 8.88. The Labute approximate surface area is 72.1 Å². The quantitative estimate of drug-likeness (QED) is 0.309. The first-order chi connectivity index (χ1) is 5.95. The van der Waals surface area contributed by atoms with Crippen molar-refractivity contribution in [1.29, 1.82) is 0 Å². The predicted octanol–water partition coefficient (Wildman–Crippen LogP) is -1.48. The molecule has 0 spiro atoms. The van der Waals surface area contributed by atoms with Crippen molar-refractivity contribution in [2.45, 2.75) is 0 Å². The smallest absolute Gasteiger partial charge is 0.320 e. The number of rotatable bonds is 0. The fourth-order valence-corrected chi connectivity index (χ4v) is 0.121. The number of hydrogen-bond donors (Lipinski definition) is 3. The van der Waals surface area contributed by atoms with Gasteiger partial charge in [0.25, 0.3) is 0 Å². The Morgan fingerprint density at radius 3 is 1.15 bits per heavy atom. The van der Waals surface area contributed by atoms with Gasteiger partial charge in [0.1, 0.15) is 0 Å². The zero-order valence-corrected chi connectivity index (χ0v) is 6.18. The topological polar surface area (TPSA) is 177 Å². The van der Waals surface area contributed by atoms with E-state index in [1.165, 1.54) is 0 Å². The first-order valence-electron chi connectivity index (χ1n) is 2.34. The highest BCUT2D eigenvalue weighted by molar-refractivity contribution is 5.91. The highest BCUT2D eigenvalue weighted by Crippen LogP contribution is 1.51. The lowest BCUT2D eigenvalue weighted by atomic mass is 10.9. The third-order valence-electron chi connectivity index (χ3n) is 0.246. The van der Waals surface area contributed by atoms with Crippen LogP contribution in [0.15, 0.2) is 0 Å². The number of nitrogens with one attached hydrogen (secondary N) is 1. The molecule has 5 N–H and O–H groups in total. The van der Waals surface area contributed by atoms with E-state index in [-0.39, 0.29) is 0 Å². The second-order valence-corrected chi connectivity index (χ2v) is 1.04. The Kier molecular flexibility index (Phi) is 21.1. The molecule has 9 heteroatoms. The monoisotopic (exact) mass is 187 g/mol. The number of primary amides is 2. The van der Waals surface area contributed by atoms with Gasteiger partial charge < -0.3 is 22.3 Å². The molecule has 0 saturated carbocycles. The summed E-state index contributed by atoms with van der Waals surface area (Å²) < 4.78 is 0. The maximum Gasteiger partial charge on any atom is 0.320 e. The highest BCUT2D eigenvalue weighted by Gasteiger charge is 1.92. The van der Waals surface area contributed by atoms with Crippen molar-refractivity contribution in [3.05, 3.63) is 10.8 Å². The van der Waals surface area contributed by atoms with Gasteiger partial charge in [0, 0.05) is 0 Å². The van der Waals surface area contributed by atoms with E-state index < -0.39 is 12.1 Å². The van der Waals surface area contributed by atoms with Crippen LogP contribution in [0.1, 0.15) is 0 Å². The van der Waals surface area contributed by atoms with Gasteiger partial charge in [0.15, 0.2) is 0 Å². The van der Waals surface area contributed by atoms with E-state index in [1.807, 2.05) is 0 Å². The van der Waals surface area contributed by atoms with Gasteiger partial charge >= 0.3 is 12.1 Å². The maximum atomic E-state index is 9.62. The lowest BCUT2D eigenvalue weighted by molar-refractivity contribution is 0.236. The van der Waals surface area contributed by atoms with E-state index in [2.05, 4.69) is 11.5 Å². The average molecular weight is 187 g/mol. The van der Waals surface area contributed by atoms with Gasteiger partial charge in [0.05, 0.1) is 0 Å². The van der Waals surface area contributed by atoms with Crippen LogP contribution in [0.4, 0.5) is 9.59 Å². The molecule has 0 atom stereocenters. The molecule has 4 amide bonds. The van der Waals surface area contributed by atoms with E-state index in [4.69, 9.17) is 20.4 Å². The van der Waals surface area contributed by atoms with Gasteiger partial charge in [0.2, 0.25) is 0 Å². The standard InChI is InChI=1S/C2H5N3O2.2CNO/c3-1(6)5-2(4)7;2*2-1-3/h(H5,3,4,5,6,7);;/q;2*-1. The summed E-state index contributed by atoms with van der Waals surface area (Å²) in [6.45, 7) is 0. The van der Waals surface area contributed by atoms with Crippen molar-refractivity contribution in [2.24, 2.45) is 11.5 Å². The van der Waals surface area contributed by atoms with Crippen LogP contribution in [0.3, 0.4) is 0 Å². The van der Waals surface area contributed by atoms with Gasteiger partial charge in [-0.2, -0.15) is 0 Å². The summed E-state index contributed by atoms with van der Waals surface area (Å²) >= 11 is 0. The first kappa shape index (κ1) is 16.8. The number of hydrogen-bond acceptors (Lipinski definition) is 4. The largest absolute Gasteiger partial charge is 0.724 e. The molecule has 72 valence electrons. The summed E-state index contributed by atoms with van der Waals surface area (Å²) in [4.78, 5) is 35.7. The molecular weight excluding hydrogens is 182 g/mol. The summed E-state index contributed by atoms with van der Waals surface area (Å²) in [5, 5.41) is 15.1. The number of amides is 4. The van der Waals surface area contributed by atoms with Crippen LogP contribution in [-0.4, -0.2) is 24.2 Å². The van der Waals surface area contributed by atoms with Gasteiger partial charge in [-0.3, -0.25) is 14.9 Å². The van der Waals surface area contributed by atoms with Crippen molar-refractivity contribution in [3.8, 4) is 0 Å². The van der Waals surface area contributed by atoms with Gasteiger partial charge in [-0.1, -0.05) is 0 Å². The fraction of sp³-hybridized carbons (Fsp3) is 0.